The lowest BCUT2D eigenvalue weighted by molar-refractivity contribution is -0.116. The summed E-state index contributed by atoms with van der Waals surface area (Å²) in [5.74, 6) is 0.636. The molecule has 35 heavy (non-hydrogen) atoms. The average Bonchev–Trinajstić information content (AvgIpc) is 3.30. The van der Waals surface area contributed by atoms with Crippen LogP contribution in [-0.2, 0) is 17.6 Å². The molecule has 0 bridgehead atoms. The van der Waals surface area contributed by atoms with Gasteiger partial charge < -0.3 is 24.8 Å². The van der Waals surface area contributed by atoms with Crippen LogP contribution in [0, 0.1) is 0 Å². The lowest BCUT2D eigenvalue weighted by Gasteiger charge is -2.34. The molecule has 1 saturated heterocycles. The highest BCUT2D eigenvalue weighted by molar-refractivity contribution is 5.97. The number of nitrogens with zero attached hydrogens (tertiary/aromatic N) is 3. The fourth-order valence-corrected chi connectivity index (χ4v) is 5.83. The van der Waals surface area contributed by atoms with Crippen molar-refractivity contribution in [3.8, 4) is 5.75 Å². The lowest BCUT2D eigenvalue weighted by Crippen LogP contribution is -2.36. The first-order valence-corrected chi connectivity index (χ1v) is 12.6. The van der Waals surface area contributed by atoms with E-state index in [1.165, 1.54) is 11.1 Å². The number of likely N-dealkylation sites (tertiary alicyclic amines) is 1. The van der Waals surface area contributed by atoms with E-state index in [0.717, 1.165) is 80.6 Å². The molecular weight excluding hydrogens is 440 g/mol. The molecule has 0 atom stereocenters. The van der Waals surface area contributed by atoms with E-state index in [2.05, 4.69) is 21.7 Å². The summed E-state index contributed by atoms with van der Waals surface area (Å²) in [6.07, 6.45) is 7.15. The molecule has 0 saturated carbocycles. The van der Waals surface area contributed by atoms with Crippen molar-refractivity contribution in [2.75, 3.05) is 38.2 Å². The number of amides is 2. The summed E-state index contributed by atoms with van der Waals surface area (Å²) in [5.41, 5.74) is 10.7. The second-order valence-electron chi connectivity index (χ2n) is 9.70. The molecule has 0 unspecified atom stereocenters. The van der Waals surface area contributed by atoms with Crippen molar-refractivity contribution in [2.45, 2.75) is 45.1 Å². The van der Waals surface area contributed by atoms with Gasteiger partial charge in [-0.25, -0.2) is 0 Å². The zero-order chi connectivity index (χ0) is 24.5. The van der Waals surface area contributed by atoms with Crippen molar-refractivity contribution in [2.24, 2.45) is 5.73 Å². The van der Waals surface area contributed by atoms with Gasteiger partial charge in [0.05, 0.1) is 7.11 Å². The molecule has 3 aromatic rings. The minimum Gasteiger partial charge on any atom is -0.496 e. The van der Waals surface area contributed by atoms with Crippen molar-refractivity contribution < 1.29 is 14.3 Å². The predicted molar refractivity (Wildman–Crippen MR) is 138 cm³/mol. The fourth-order valence-electron chi connectivity index (χ4n) is 5.83. The van der Waals surface area contributed by atoms with Crippen molar-refractivity contribution in [3.63, 3.8) is 0 Å². The highest BCUT2D eigenvalue weighted by atomic mass is 16.5. The van der Waals surface area contributed by atoms with E-state index in [4.69, 9.17) is 10.5 Å². The molecule has 0 aliphatic carbocycles. The molecule has 7 heteroatoms. The summed E-state index contributed by atoms with van der Waals surface area (Å²) in [6.45, 7) is 5.45. The number of aromatic nitrogens is 1. The molecule has 5 rings (SSSR count). The molecule has 2 N–H and O–H groups in total. The number of ether oxygens (including phenoxy) is 1. The van der Waals surface area contributed by atoms with Gasteiger partial charge in [-0.05, 0) is 73.4 Å². The van der Waals surface area contributed by atoms with Gasteiger partial charge in [-0.2, -0.15) is 0 Å². The molecule has 2 amide bonds. The summed E-state index contributed by atoms with van der Waals surface area (Å²) in [7, 11) is 1.73. The Morgan fingerprint density at radius 1 is 1.09 bits per heavy atom. The molecule has 3 heterocycles. The molecule has 184 valence electrons. The Labute approximate surface area is 206 Å². The molecule has 2 aliphatic heterocycles. The van der Waals surface area contributed by atoms with E-state index in [9.17, 15) is 9.59 Å². The van der Waals surface area contributed by atoms with Gasteiger partial charge >= 0.3 is 0 Å². The number of benzene rings is 2. The minimum atomic E-state index is -0.389. The monoisotopic (exact) mass is 474 g/mol. The average molecular weight is 475 g/mol. The molecule has 0 spiro atoms. The van der Waals surface area contributed by atoms with Gasteiger partial charge in [0.1, 0.15) is 5.75 Å². The van der Waals surface area contributed by atoms with E-state index in [1.807, 2.05) is 29.2 Å². The first-order valence-electron chi connectivity index (χ1n) is 12.6. The Hall–Kier alpha value is -3.32. The van der Waals surface area contributed by atoms with Crippen LogP contribution in [0.5, 0.6) is 5.75 Å². The molecule has 1 fully saturated rings. The Bertz CT molecular complexity index is 1260. The number of hydrogen-bond acceptors (Lipinski definition) is 4. The third-order valence-electron chi connectivity index (χ3n) is 7.70. The minimum absolute atomic E-state index is 0.102. The van der Waals surface area contributed by atoms with Crippen LogP contribution in [0.25, 0.3) is 10.9 Å². The van der Waals surface area contributed by atoms with E-state index in [1.54, 1.807) is 20.1 Å². The van der Waals surface area contributed by atoms with Gasteiger partial charge in [-0.1, -0.05) is 6.07 Å². The lowest BCUT2D eigenvalue weighted by atomic mass is 9.93. The topological polar surface area (TPSA) is 80.8 Å². The zero-order valence-corrected chi connectivity index (χ0v) is 20.6. The first-order chi connectivity index (χ1) is 17.0. The maximum absolute atomic E-state index is 12.2. The van der Waals surface area contributed by atoms with Crippen LogP contribution in [0.3, 0.4) is 0 Å². The predicted octanol–water partition coefficient (Wildman–Crippen LogP) is 3.93. The molecule has 1 aromatic heterocycles. The number of nitrogens with two attached hydrogens (primary N) is 1. The van der Waals surface area contributed by atoms with Crippen LogP contribution in [0.4, 0.5) is 5.69 Å². The Morgan fingerprint density at radius 3 is 2.60 bits per heavy atom. The summed E-state index contributed by atoms with van der Waals surface area (Å²) in [6, 6.07) is 12.3. The van der Waals surface area contributed by atoms with Crippen molar-refractivity contribution in [1.82, 2.24) is 9.47 Å². The van der Waals surface area contributed by atoms with Crippen LogP contribution in [0.15, 0.2) is 42.6 Å². The third kappa shape index (κ3) is 4.52. The summed E-state index contributed by atoms with van der Waals surface area (Å²) in [5, 5.41) is 1.14. The second kappa shape index (κ2) is 9.74. The van der Waals surface area contributed by atoms with E-state index >= 15 is 0 Å². The number of anilines is 1. The summed E-state index contributed by atoms with van der Waals surface area (Å²) in [4.78, 5) is 28.2. The van der Waals surface area contributed by atoms with Gasteiger partial charge in [0.2, 0.25) is 11.8 Å². The quantitative estimate of drug-likeness (QED) is 0.587. The van der Waals surface area contributed by atoms with Gasteiger partial charge in [-0.15, -0.1) is 0 Å². The zero-order valence-electron chi connectivity index (χ0n) is 20.6. The number of fused-ring (bicyclic) bond motifs is 2. The molecule has 2 aromatic carbocycles. The standard InChI is InChI=1S/C28H34N4O3/c1-19(33)31-13-3-4-23-24(27(35-2)8-7-25(23)31)12-16-30-14-10-22(11-15-30)32-17-9-20-5-6-21(28(29)34)18-26(20)32/h5-9,17-18,22H,3-4,10-16H2,1-2H3,(H2,29,34). The van der Waals surface area contributed by atoms with E-state index in [-0.39, 0.29) is 11.8 Å². The molecule has 2 aliphatic rings. The Kier molecular flexibility index (Phi) is 6.52. The molecule has 0 radical (unpaired) electrons. The fraction of sp³-hybridized carbons (Fsp3) is 0.429. The van der Waals surface area contributed by atoms with Crippen LogP contribution in [0.2, 0.25) is 0 Å². The van der Waals surface area contributed by atoms with Crippen LogP contribution >= 0.6 is 0 Å². The maximum atomic E-state index is 12.2. The Balaban J connectivity index is 1.27. The molecule has 7 nitrogen and oxygen atoms in total. The number of methoxy groups -OCH3 is 1. The van der Waals surface area contributed by atoms with E-state index < -0.39 is 0 Å². The number of rotatable bonds is 6. The highest BCUT2D eigenvalue weighted by Gasteiger charge is 2.26. The number of primary amides is 1. The third-order valence-corrected chi connectivity index (χ3v) is 7.70. The van der Waals surface area contributed by atoms with Crippen molar-refractivity contribution in [1.29, 1.82) is 0 Å². The number of hydrogen-bond donors (Lipinski definition) is 1. The Morgan fingerprint density at radius 2 is 1.89 bits per heavy atom. The van der Waals surface area contributed by atoms with Gasteiger partial charge in [-0.3, -0.25) is 9.59 Å². The van der Waals surface area contributed by atoms with Gasteiger partial charge in [0.25, 0.3) is 0 Å². The van der Waals surface area contributed by atoms with Crippen LogP contribution in [0.1, 0.15) is 53.7 Å². The number of carbonyl (C=O) groups is 2. The number of carbonyl (C=O) groups excluding carboxylic acids is 2. The maximum Gasteiger partial charge on any atom is 0.248 e. The summed E-state index contributed by atoms with van der Waals surface area (Å²) >= 11 is 0. The van der Waals surface area contributed by atoms with Crippen LogP contribution in [-0.4, -0.2) is 54.6 Å². The largest absolute Gasteiger partial charge is 0.496 e. The van der Waals surface area contributed by atoms with Gasteiger partial charge in [0.15, 0.2) is 0 Å². The summed E-state index contributed by atoms with van der Waals surface area (Å²) < 4.78 is 8.03. The smallest absolute Gasteiger partial charge is 0.248 e. The van der Waals surface area contributed by atoms with Crippen molar-refractivity contribution in [3.05, 3.63) is 59.3 Å². The van der Waals surface area contributed by atoms with Crippen LogP contribution < -0.4 is 15.4 Å². The van der Waals surface area contributed by atoms with E-state index in [0.29, 0.717) is 11.6 Å². The van der Waals surface area contributed by atoms with Crippen molar-refractivity contribution >= 4 is 28.4 Å². The second-order valence-corrected chi connectivity index (χ2v) is 9.70. The SMILES string of the molecule is COc1ccc2c(c1CCN1CCC(n3ccc4ccc(C(N)=O)cc43)CC1)CCCN2C(C)=O. The highest BCUT2D eigenvalue weighted by Crippen LogP contribution is 2.36. The normalized spacial score (nSPS) is 16.9. The van der Waals surface area contributed by atoms with Gasteiger partial charge in [0, 0.05) is 67.7 Å². The number of piperidine rings is 1. The molecular formula is C28H34N4O3. The first kappa shape index (κ1) is 23.4.